The van der Waals surface area contributed by atoms with Gasteiger partial charge in [-0.25, -0.2) is 4.79 Å². The quantitative estimate of drug-likeness (QED) is 0.732. The van der Waals surface area contributed by atoms with E-state index in [9.17, 15) is 9.59 Å². The maximum Gasteiger partial charge on any atom is 0.337 e. The number of hydrogen-bond acceptors (Lipinski definition) is 6. The van der Waals surface area contributed by atoms with Gasteiger partial charge in [0.1, 0.15) is 12.0 Å². The third-order valence-electron chi connectivity index (χ3n) is 7.46. The van der Waals surface area contributed by atoms with Crippen molar-refractivity contribution in [1.82, 2.24) is 15.1 Å². The molecule has 3 aliphatic heterocycles. The van der Waals surface area contributed by atoms with Gasteiger partial charge in [-0.15, -0.1) is 0 Å². The van der Waals surface area contributed by atoms with Crippen molar-refractivity contribution in [2.45, 2.75) is 63.7 Å². The molecule has 0 aromatic heterocycles. The van der Waals surface area contributed by atoms with Crippen LogP contribution in [0.25, 0.3) is 0 Å². The summed E-state index contributed by atoms with van der Waals surface area (Å²) in [5.74, 6) is 0.938. The Morgan fingerprint density at radius 2 is 2.00 bits per heavy atom. The summed E-state index contributed by atoms with van der Waals surface area (Å²) in [7, 11) is 3.31. The average Bonchev–Trinajstić information content (AvgIpc) is 3.50. The monoisotopic (exact) mass is 436 g/mol. The van der Waals surface area contributed by atoms with E-state index in [0.717, 1.165) is 55.0 Å². The SMILES string of the molecule is CC[C@@H]1C(=O)N(C)C2=CC=C(N3CCc4cc(C(=O)OC)ccc43)NC2N1C1CCCC1. The lowest BCUT2D eigenvalue weighted by molar-refractivity contribution is -0.142. The number of carbonyl (C=O) groups excluding carboxylic acids is 2. The van der Waals surface area contributed by atoms with Gasteiger partial charge >= 0.3 is 5.97 Å². The Bertz CT molecular complexity index is 995. The average molecular weight is 437 g/mol. The molecule has 1 unspecified atom stereocenters. The van der Waals surface area contributed by atoms with Crippen molar-refractivity contribution in [3.05, 3.63) is 53.0 Å². The number of rotatable bonds is 4. The highest BCUT2D eigenvalue weighted by molar-refractivity contribution is 5.90. The third kappa shape index (κ3) is 3.30. The molecule has 7 heteroatoms. The normalized spacial score (nSPS) is 25.8. The molecule has 1 aliphatic carbocycles. The van der Waals surface area contributed by atoms with E-state index in [-0.39, 0.29) is 24.1 Å². The van der Waals surface area contributed by atoms with E-state index in [0.29, 0.717) is 11.6 Å². The van der Waals surface area contributed by atoms with E-state index >= 15 is 0 Å². The summed E-state index contributed by atoms with van der Waals surface area (Å²) in [4.78, 5) is 31.6. The maximum atomic E-state index is 13.1. The number of methoxy groups -OCH3 is 1. The minimum absolute atomic E-state index is 0.0101. The van der Waals surface area contributed by atoms with Crippen LogP contribution in [0.1, 0.15) is 54.9 Å². The molecule has 2 atom stereocenters. The summed E-state index contributed by atoms with van der Waals surface area (Å²) in [6.45, 7) is 2.96. The fraction of sp³-hybridized carbons (Fsp3) is 0.520. The molecular formula is C25H32N4O3. The lowest BCUT2D eigenvalue weighted by Crippen LogP contribution is -2.66. The van der Waals surface area contributed by atoms with E-state index in [1.165, 1.54) is 20.0 Å². The molecule has 32 heavy (non-hydrogen) atoms. The van der Waals surface area contributed by atoms with Gasteiger partial charge in [0.15, 0.2) is 0 Å². The molecule has 1 aromatic carbocycles. The summed E-state index contributed by atoms with van der Waals surface area (Å²) in [5, 5.41) is 3.79. The number of likely N-dealkylation sites (N-methyl/N-ethyl adjacent to an activating group) is 1. The van der Waals surface area contributed by atoms with E-state index in [1.54, 1.807) is 0 Å². The number of hydrogen-bond donors (Lipinski definition) is 1. The first-order valence-electron chi connectivity index (χ1n) is 11.8. The molecule has 1 N–H and O–H groups in total. The van der Waals surface area contributed by atoms with Gasteiger partial charge in [0, 0.05) is 25.3 Å². The molecule has 0 bridgehead atoms. The number of dihydropyridines is 1. The first-order chi connectivity index (χ1) is 15.5. The zero-order chi connectivity index (χ0) is 22.4. The number of ether oxygens (including phenoxy) is 1. The second-order valence-corrected chi connectivity index (χ2v) is 9.13. The van der Waals surface area contributed by atoms with E-state index in [4.69, 9.17) is 4.74 Å². The van der Waals surface area contributed by atoms with E-state index in [1.807, 2.05) is 30.1 Å². The molecule has 1 saturated heterocycles. The van der Waals surface area contributed by atoms with Crippen molar-refractivity contribution < 1.29 is 14.3 Å². The molecule has 0 spiro atoms. The van der Waals surface area contributed by atoms with Gasteiger partial charge in [0.25, 0.3) is 0 Å². The number of piperazine rings is 1. The number of fused-ring (bicyclic) bond motifs is 2. The van der Waals surface area contributed by atoms with E-state index < -0.39 is 0 Å². The van der Waals surface area contributed by atoms with Gasteiger partial charge in [0.05, 0.1) is 24.4 Å². The number of benzene rings is 1. The molecular weight excluding hydrogens is 404 g/mol. The standard InChI is InChI=1S/C25H32N4O3/c1-4-19-24(30)27(2)21-11-12-22(26-23(21)29(19)18-7-5-6-8-18)28-14-13-16-15-17(25(31)32-3)9-10-20(16)28/h9-12,15,18-19,23,26H,4-8,13-14H2,1-3H3/t19-,23?/m1/s1. The second kappa shape index (κ2) is 8.28. The van der Waals surface area contributed by atoms with Crippen LogP contribution in [0.2, 0.25) is 0 Å². The predicted octanol–water partition coefficient (Wildman–Crippen LogP) is 2.99. The van der Waals surface area contributed by atoms with Gasteiger partial charge in [-0.3, -0.25) is 9.69 Å². The van der Waals surface area contributed by atoms with Crippen molar-refractivity contribution in [1.29, 1.82) is 0 Å². The predicted molar refractivity (Wildman–Crippen MR) is 123 cm³/mol. The summed E-state index contributed by atoms with van der Waals surface area (Å²) in [6, 6.07) is 6.13. The summed E-state index contributed by atoms with van der Waals surface area (Å²) in [6.07, 6.45) is 10.6. The number of esters is 1. The second-order valence-electron chi connectivity index (χ2n) is 9.13. The number of nitrogens with zero attached hydrogens (tertiary/aromatic N) is 3. The highest BCUT2D eigenvalue weighted by Crippen LogP contribution is 2.37. The van der Waals surface area contributed by atoms with Gasteiger partial charge < -0.3 is 19.9 Å². The minimum atomic E-state index is -0.304. The number of nitrogens with one attached hydrogen (secondary N) is 1. The Hall–Kier alpha value is -2.80. The molecule has 7 nitrogen and oxygen atoms in total. The van der Waals surface area contributed by atoms with Crippen molar-refractivity contribution in [3.8, 4) is 0 Å². The summed E-state index contributed by atoms with van der Waals surface area (Å²) < 4.78 is 4.88. The van der Waals surface area contributed by atoms with Crippen LogP contribution >= 0.6 is 0 Å². The number of carbonyl (C=O) groups is 2. The third-order valence-corrected chi connectivity index (χ3v) is 7.46. The number of anilines is 1. The van der Waals surface area contributed by atoms with Crippen LogP contribution in [0, 0.1) is 0 Å². The Balaban J connectivity index is 1.46. The molecule has 2 fully saturated rings. The van der Waals surface area contributed by atoms with E-state index in [2.05, 4.69) is 34.2 Å². The Labute approximate surface area is 189 Å². The minimum Gasteiger partial charge on any atom is -0.465 e. The van der Waals surface area contributed by atoms with Gasteiger partial charge in [-0.2, -0.15) is 0 Å². The highest BCUT2D eigenvalue weighted by atomic mass is 16.5. The smallest absolute Gasteiger partial charge is 0.337 e. The lowest BCUT2D eigenvalue weighted by Gasteiger charge is -2.51. The van der Waals surface area contributed by atoms with Gasteiger partial charge in [0.2, 0.25) is 5.91 Å². The molecule has 170 valence electrons. The van der Waals surface area contributed by atoms with Crippen LogP contribution in [0.5, 0.6) is 0 Å². The Kier molecular flexibility index (Phi) is 5.45. The molecule has 1 amide bonds. The molecule has 5 rings (SSSR count). The summed E-state index contributed by atoms with van der Waals surface area (Å²) in [5.41, 5.74) is 3.88. The van der Waals surface area contributed by atoms with Crippen LogP contribution in [0.4, 0.5) is 5.69 Å². The van der Waals surface area contributed by atoms with Crippen LogP contribution < -0.4 is 10.2 Å². The van der Waals surface area contributed by atoms with Crippen molar-refractivity contribution in [2.75, 3.05) is 25.6 Å². The number of allylic oxidation sites excluding steroid dienone is 2. The molecule has 1 saturated carbocycles. The molecule has 3 heterocycles. The first kappa shape index (κ1) is 21.1. The molecule has 1 aromatic rings. The fourth-order valence-electron chi connectivity index (χ4n) is 5.82. The van der Waals surface area contributed by atoms with Crippen LogP contribution in [-0.2, 0) is 16.0 Å². The topological polar surface area (TPSA) is 65.1 Å². The largest absolute Gasteiger partial charge is 0.465 e. The van der Waals surface area contributed by atoms with Crippen LogP contribution in [-0.4, -0.2) is 60.6 Å². The highest BCUT2D eigenvalue weighted by Gasteiger charge is 2.46. The molecule has 4 aliphatic rings. The number of amides is 1. The van der Waals surface area contributed by atoms with Crippen molar-refractivity contribution >= 4 is 17.6 Å². The van der Waals surface area contributed by atoms with Gasteiger partial charge in [-0.1, -0.05) is 19.8 Å². The molecule has 0 radical (unpaired) electrons. The van der Waals surface area contributed by atoms with Gasteiger partial charge in [-0.05, 0) is 61.6 Å². The first-order valence-corrected chi connectivity index (χ1v) is 11.8. The zero-order valence-electron chi connectivity index (χ0n) is 19.1. The van der Waals surface area contributed by atoms with Crippen molar-refractivity contribution in [3.63, 3.8) is 0 Å². The Morgan fingerprint density at radius 3 is 2.72 bits per heavy atom. The fourth-order valence-corrected chi connectivity index (χ4v) is 5.82. The van der Waals surface area contributed by atoms with Crippen molar-refractivity contribution in [2.24, 2.45) is 0 Å². The van der Waals surface area contributed by atoms with Crippen LogP contribution in [0.3, 0.4) is 0 Å². The maximum absolute atomic E-state index is 13.1. The Morgan fingerprint density at radius 1 is 1.22 bits per heavy atom. The lowest BCUT2D eigenvalue weighted by atomic mass is 9.98. The zero-order valence-corrected chi connectivity index (χ0v) is 19.1. The van der Waals surface area contributed by atoms with Crippen LogP contribution in [0.15, 0.2) is 41.9 Å². The summed E-state index contributed by atoms with van der Waals surface area (Å²) >= 11 is 0.